The second kappa shape index (κ2) is 7.38. The van der Waals surface area contributed by atoms with Crippen LogP contribution in [-0.2, 0) is 16.0 Å². The number of hydrogen-bond acceptors (Lipinski definition) is 4. The largest absolute Gasteiger partial charge is 0.492 e. The maximum atomic E-state index is 12.8. The molecule has 1 unspecified atom stereocenters. The van der Waals surface area contributed by atoms with Gasteiger partial charge in [-0.15, -0.1) is 0 Å². The monoisotopic (exact) mass is 373 g/mol. The van der Waals surface area contributed by atoms with Crippen molar-refractivity contribution in [3.05, 3.63) is 64.7 Å². The fraction of sp³-hybridized carbons (Fsp3) is 0.300. The second-order valence-electron chi connectivity index (χ2n) is 6.49. The van der Waals surface area contributed by atoms with E-state index in [0.717, 1.165) is 5.56 Å². The van der Waals surface area contributed by atoms with Crippen molar-refractivity contribution in [1.29, 1.82) is 0 Å². The summed E-state index contributed by atoms with van der Waals surface area (Å²) in [5.41, 5.74) is 0.129. The van der Waals surface area contributed by atoms with E-state index in [2.05, 4.69) is 0 Å². The van der Waals surface area contributed by atoms with Crippen LogP contribution in [0.1, 0.15) is 22.8 Å². The standard InChI is InChI=1S/C20H20ClNO4/c1-20(13-14-6-3-4-9-17(14)18(23)26-20)19(24)22(2)10-11-25-16-8-5-7-15(21)12-16/h3-9,12H,10-11,13H2,1-2H3. The lowest BCUT2D eigenvalue weighted by molar-refractivity contribution is -0.150. The number of carbonyl (C=O) groups is 2. The van der Waals surface area contributed by atoms with Crippen LogP contribution in [0.3, 0.4) is 0 Å². The molecule has 0 saturated carbocycles. The lowest BCUT2D eigenvalue weighted by Gasteiger charge is -2.35. The van der Waals surface area contributed by atoms with Crippen LogP contribution in [0.4, 0.5) is 0 Å². The van der Waals surface area contributed by atoms with Crippen molar-refractivity contribution in [2.45, 2.75) is 18.9 Å². The molecule has 3 rings (SSSR count). The summed E-state index contributed by atoms with van der Waals surface area (Å²) < 4.78 is 11.1. The summed E-state index contributed by atoms with van der Waals surface area (Å²) in [5.74, 6) is -0.0797. The number of benzene rings is 2. The number of halogens is 1. The van der Waals surface area contributed by atoms with Crippen LogP contribution >= 0.6 is 11.6 Å². The fourth-order valence-corrected chi connectivity index (χ4v) is 3.19. The number of hydrogen-bond donors (Lipinski definition) is 0. The first-order valence-corrected chi connectivity index (χ1v) is 8.72. The number of rotatable bonds is 5. The molecule has 2 aromatic carbocycles. The molecule has 5 nitrogen and oxygen atoms in total. The van der Waals surface area contributed by atoms with Crippen LogP contribution in [0.15, 0.2) is 48.5 Å². The van der Waals surface area contributed by atoms with Gasteiger partial charge in [-0.1, -0.05) is 35.9 Å². The summed E-state index contributed by atoms with van der Waals surface area (Å²) >= 11 is 5.92. The summed E-state index contributed by atoms with van der Waals surface area (Å²) in [6, 6.07) is 14.3. The summed E-state index contributed by atoms with van der Waals surface area (Å²) in [5, 5.41) is 0.590. The van der Waals surface area contributed by atoms with Gasteiger partial charge in [-0.3, -0.25) is 4.79 Å². The van der Waals surface area contributed by atoms with Crippen molar-refractivity contribution < 1.29 is 19.1 Å². The summed E-state index contributed by atoms with van der Waals surface area (Å²) in [6.07, 6.45) is 0.354. The number of cyclic esters (lactones) is 1. The van der Waals surface area contributed by atoms with Gasteiger partial charge in [0.1, 0.15) is 12.4 Å². The smallest absolute Gasteiger partial charge is 0.339 e. The summed E-state index contributed by atoms with van der Waals surface area (Å²) in [4.78, 5) is 26.6. The van der Waals surface area contributed by atoms with Gasteiger partial charge >= 0.3 is 5.97 Å². The summed E-state index contributed by atoms with van der Waals surface area (Å²) in [6.45, 7) is 2.32. The minimum Gasteiger partial charge on any atom is -0.492 e. The molecule has 1 heterocycles. The number of esters is 1. The van der Waals surface area contributed by atoms with Crippen LogP contribution in [0.5, 0.6) is 5.75 Å². The predicted molar refractivity (Wildman–Crippen MR) is 98.6 cm³/mol. The first-order chi connectivity index (χ1) is 12.4. The van der Waals surface area contributed by atoms with E-state index in [9.17, 15) is 9.59 Å². The minimum absolute atomic E-state index is 0.255. The Morgan fingerprint density at radius 3 is 2.81 bits per heavy atom. The number of amides is 1. The molecule has 0 saturated heterocycles. The highest BCUT2D eigenvalue weighted by molar-refractivity contribution is 6.30. The van der Waals surface area contributed by atoms with Crippen molar-refractivity contribution >= 4 is 23.5 Å². The van der Waals surface area contributed by atoms with E-state index in [-0.39, 0.29) is 5.91 Å². The zero-order valence-corrected chi connectivity index (χ0v) is 15.5. The van der Waals surface area contributed by atoms with Crippen molar-refractivity contribution in [3.63, 3.8) is 0 Å². The molecule has 1 aliphatic rings. The third-order valence-corrected chi connectivity index (χ3v) is 4.61. The molecule has 0 spiro atoms. The molecular weight excluding hydrogens is 354 g/mol. The third kappa shape index (κ3) is 3.83. The Kier molecular flexibility index (Phi) is 5.18. The molecule has 0 fully saturated rings. The minimum atomic E-state index is -1.21. The average Bonchev–Trinajstić information content (AvgIpc) is 2.61. The Morgan fingerprint density at radius 1 is 1.27 bits per heavy atom. The first kappa shape index (κ1) is 18.3. The van der Waals surface area contributed by atoms with Crippen LogP contribution in [0.2, 0.25) is 5.02 Å². The molecule has 0 N–H and O–H groups in total. The molecule has 26 heavy (non-hydrogen) atoms. The Morgan fingerprint density at radius 2 is 2.04 bits per heavy atom. The van der Waals surface area contributed by atoms with Gasteiger partial charge in [0.2, 0.25) is 0 Å². The van der Waals surface area contributed by atoms with Gasteiger partial charge in [-0.2, -0.15) is 0 Å². The van der Waals surface area contributed by atoms with E-state index in [1.54, 1.807) is 50.4 Å². The van der Waals surface area contributed by atoms with E-state index < -0.39 is 11.6 Å². The Balaban J connectivity index is 1.62. The van der Waals surface area contributed by atoms with Gasteiger partial charge in [0.25, 0.3) is 5.91 Å². The quantitative estimate of drug-likeness (QED) is 0.754. The molecule has 0 aliphatic carbocycles. The van der Waals surface area contributed by atoms with E-state index in [1.807, 2.05) is 12.1 Å². The highest BCUT2D eigenvalue weighted by atomic mass is 35.5. The van der Waals surface area contributed by atoms with Crippen LogP contribution in [0.25, 0.3) is 0 Å². The molecule has 0 aromatic heterocycles. The van der Waals surface area contributed by atoms with Crippen molar-refractivity contribution in [2.75, 3.05) is 20.2 Å². The van der Waals surface area contributed by atoms with Crippen molar-refractivity contribution in [1.82, 2.24) is 4.90 Å². The lowest BCUT2D eigenvalue weighted by atomic mass is 9.89. The first-order valence-electron chi connectivity index (χ1n) is 8.34. The molecule has 0 bridgehead atoms. The zero-order chi connectivity index (χ0) is 18.7. The van der Waals surface area contributed by atoms with E-state index >= 15 is 0 Å². The van der Waals surface area contributed by atoms with E-state index in [4.69, 9.17) is 21.1 Å². The summed E-state index contributed by atoms with van der Waals surface area (Å²) in [7, 11) is 1.67. The molecule has 1 amide bonds. The van der Waals surface area contributed by atoms with Crippen molar-refractivity contribution in [3.8, 4) is 5.75 Å². The van der Waals surface area contributed by atoms with Gasteiger partial charge in [0, 0.05) is 18.5 Å². The molecular formula is C20H20ClNO4. The second-order valence-corrected chi connectivity index (χ2v) is 6.92. The molecule has 136 valence electrons. The molecule has 1 aliphatic heterocycles. The molecule has 2 aromatic rings. The molecule has 0 radical (unpaired) electrons. The normalized spacial score (nSPS) is 18.7. The van der Waals surface area contributed by atoms with E-state index in [1.165, 1.54) is 4.90 Å². The van der Waals surface area contributed by atoms with Gasteiger partial charge < -0.3 is 14.4 Å². The van der Waals surface area contributed by atoms with Crippen LogP contribution in [-0.4, -0.2) is 42.6 Å². The third-order valence-electron chi connectivity index (χ3n) is 4.37. The van der Waals surface area contributed by atoms with Gasteiger partial charge in [0.15, 0.2) is 5.60 Å². The van der Waals surface area contributed by atoms with E-state index in [0.29, 0.717) is 35.9 Å². The number of nitrogens with zero attached hydrogens (tertiary/aromatic N) is 1. The van der Waals surface area contributed by atoms with Crippen LogP contribution in [0, 0.1) is 0 Å². The van der Waals surface area contributed by atoms with Crippen molar-refractivity contribution in [2.24, 2.45) is 0 Å². The Bertz CT molecular complexity index is 838. The van der Waals surface area contributed by atoms with Crippen LogP contribution < -0.4 is 4.74 Å². The van der Waals surface area contributed by atoms with Gasteiger partial charge in [-0.05, 0) is 36.8 Å². The fourth-order valence-electron chi connectivity index (χ4n) is 3.01. The highest BCUT2D eigenvalue weighted by Crippen LogP contribution is 2.29. The number of carbonyl (C=O) groups excluding carboxylic acids is 2. The average molecular weight is 374 g/mol. The van der Waals surface area contributed by atoms with Gasteiger partial charge in [-0.25, -0.2) is 4.79 Å². The Hall–Kier alpha value is -2.53. The van der Waals surface area contributed by atoms with Gasteiger partial charge in [0.05, 0.1) is 12.1 Å². The molecule has 6 heteroatoms. The topological polar surface area (TPSA) is 55.8 Å². The maximum absolute atomic E-state index is 12.8. The number of ether oxygens (including phenoxy) is 2. The zero-order valence-electron chi connectivity index (χ0n) is 14.7. The highest BCUT2D eigenvalue weighted by Gasteiger charge is 2.43. The predicted octanol–water partition coefficient (Wildman–Crippen LogP) is 3.35. The Labute approximate surface area is 157 Å². The number of fused-ring (bicyclic) bond motifs is 1. The number of likely N-dealkylation sites (N-methyl/N-ethyl adjacent to an activating group) is 1. The maximum Gasteiger partial charge on any atom is 0.339 e. The SMILES string of the molecule is CN(CCOc1cccc(Cl)c1)C(=O)C1(C)Cc2ccccc2C(=O)O1. The molecule has 1 atom stereocenters. The lowest BCUT2D eigenvalue weighted by Crippen LogP contribution is -2.52.